The predicted octanol–water partition coefficient (Wildman–Crippen LogP) is 5.32. The first-order valence-corrected chi connectivity index (χ1v) is 13.1. The summed E-state index contributed by atoms with van der Waals surface area (Å²) in [5, 5.41) is 5.58. The molecule has 0 saturated carbocycles. The highest BCUT2D eigenvalue weighted by atomic mass is 32.2. The molecule has 0 spiro atoms. The third-order valence-corrected chi connectivity index (χ3v) is 6.19. The van der Waals surface area contributed by atoms with Gasteiger partial charge in [-0.1, -0.05) is 42.5 Å². The van der Waals surface area contributed by atoms with E-state index in [2.05, 4.69) is 10.6 Å². The van der Waals surface area contributed by atoms with E-state index in [1.54, 1.807) is 67.6 Å². The molecule has 0 aromatic heterocycles. The van der Waals surface area contributed by atoms with E-state index >= 15 is 0 Å². The minimum Gasteiger partial charge on any atom is -0.493 e. The molecule has 0 fully saturated rings. The first-order valence-electron chi connectivity index (χ1n) is 12.1. The van der Waals surface area contributed by atoms with Crippen LogP contribution < -0.4 is 20.1 Å². The topological polar surface area (TPSA) is 103 Å². The highest BCUT2D eigenvalue weighted by Gasteiger charge is 2.17. The van der Waals surface area contributed by atoms with Crippen molar-refractivity contribution in [1.29, 1.82) is 0 Å². The van der Waals surface area contributed by atoms with Crippen LogP contribution in [0.4, 0.5) is 5.69 Å². The van der Waals surface area contributed by atoms with Crippen LogP contribution >= 0.6 is 11.8 Å². The van der Waals surface area contributed by atoms with Crippen molar-refractivity contribution in [2.24, 2.45) is 0 Å². The lowest BCUT2D eigenvalue weighted by Gasteiger charge is -2.14. The average molecular weight is 547 g/mol. The summed E-state index contributed by atoms with van der Waals surface area (Å²) >= 11 is 1.49. The number of benzene rings is 3. The number of amides is 2. The summed E-state index contributed by atoms with van der Waals surface area (Å²) < 4.78 is 15.7. The summed E-state index contributed by atoms with van der Waals surface area (Å²) in [5.74, 6) is 0.119. The molecule has 2 amide bonds. The van der Waals surface area contributed by atoms with Gasteiger partial charge in [0.25, 0.3) is 11.8 Å². The Hall–Kier alpha value is -4.50. The van der Waals surface area contributed by atoms with Crippen LogP contribution in [0, 0.1) is 0 Å². The SMILES string of the molecule is CCOC(=O)/C=C/CSc1cccc(NC(=O)/C(=C\c2cccc(OC)c2OC)NC(=O)c2ccccc2)c1. The molecule has 9 heteroatoms. The number of carbonyl (C=O) groups is 3. The van der Waals surface area contributed by atoms with Crippen LogP contribution in [0.25, 0.3) is 6.08 Å². The van der Waals surface area contributed by atoms with E-state index in [0.717, 1.165) is 4.90 Å². The lowest BCUT2D eigenvalue weighted by atomic mass is 10.1. The monoisotopic (exact) mass is 546 g/mol. The van der Waals surface area contributed by atoms with E-state index in [1.165, 1.54) is 38.1 Å². The van der Waals surface area contributed by atoms with E-state index in [-0.39, 0.29) is 11.7 Å². The minimum absolute atomic E-state index is 0.0193. The number of hydrogen-bond donors (Lipinski definition) is 2. The summed E-state index contributed by atoms with van der Waals surface area (Å²) in [6.07, 6.45) is 4.65. The molecule has 0 saturated heterocycles. The summed E-state index contributed by atoms with van der Waals surface area (Å²) in [7, 11) is 3.02. The number of rotatable bonds is 12. The van der Waals surface area contributed by atoms with Gasteiger partial charge >= 0.3 is 5.97 Å². The second-order valence-corrected chi connectivity index (χ2v) is 9.00. The zero-order valence-corrected chi connectivity index (χ0v) is 22.7. The number of thioether (sulfide) groups is 1. The van der Waals surface area contributed by atoms with Crippen molar-refractivity contribution in [2.75, 3.05) is 31.9 Å². The van der Waals surface area contributed by atoms with Crippen LogP contribution in [0.1, 0.15) is 22.8 Å². The molecule has 0 aliphatic rings. The Balaban J connectivity index is 1.83. The van der Waals surface area contributed by atoms with E-state index in [1.807, 2.05) is 18.2 Å². The van der Waals surface area contributed by atoms with Gasteiger partial charge in [-0.25, -0.2) is 4.79 Å². The van der Waals surface area contributed by atoms with E-state index < -0.39 is 11.8 Å². The number of esters is 1. The van der Waals surface area contributed by atoms with Crippen LogP contribution in [-0.4, -0.2) is 44.4 Å². The molecular weight excluding hydrogens is 516 g/mol. The first kappa shape index (κ1) is 29.1. The van der Waals surface area contributed by atoms with E-state index in [0.29, 0.717) is 40.7 Å². The maximum absolute atomic E-state index is 13.4. The van der Waals surface area contributed by atoms with Gasteiger partial charge in [0.05, 0.1) is 20.8 Å². The molecule has 0 aliphatic heterocycles. The first-order chi connectivity index (χ1) is 18.9. The number of methoxy groups -OCH3 is 2. The van der Waals surface area contributed by atoms with Crippen molar-refractivity contribution in [3.63, 3.8) is 0 Å². The molecule has 202 valence electrons. The average Bonchev–Trinajstić information content (AvgIpc) is 2.95. The zero-order valence-electron chi connectivity index (χ0n) is 21.9. The molecule has 39 heavy (non-hydrogen) atoms. The normalized spacial score (nSPS) is 11.1. The summed E-state index contributed by atoms with van der Waals surface area (Å²) in [5.41, 5.74) is 1.51. The molecule has 0 bridgehead atoms. The van der Waals surface area contributed by atoms with Gasteiger partial charge in [-0.05, 0) is 49.4 Å². The zero-order chi connectivity index (χ0) is 28.0. The Bertz CT molecular complexity index is 1350. The Kier molecular flexibility index (Phi) is 11.2. The minimum atomic E-state index is -0.520. The molecule has 0 atom stereocenters. The van der Waals surface area contributed by atoms with Gasteiger partial charge in [0, 0.05) is 33.5 Å². The fourth-order valence-corrected chi connectivity index (χ4v) is 4.23. The van der Waals surface area contributed by atoms with Crippen molar-refractivity contribution in [1.82, 2.24) is 5.32 Å². The smallest absolute Gasteiger partial charge is 0.330 e. The van der Waals surface area contributed by atoms with Crippen molar-refractivity contribution in [2.45, 2.75) is 11.8 Å². The third kappa shape index (κ3) is 8.79. The second kappa shape index (κ2) is 15.0. The largest absolute Gasteiger partial charge is 0.493 e. The summed E-state index contributed by atoms with van der Waals surface area (Å²) in [6, 6.07) is 21.1. The summed E-state index contributed by atoms with van der Waals surface area (Å²) in [6.45, 7) is 2.08. The third-order valence-electron chi connectivity index (χ3n) is 5.24. The highest BCUT2D eigenvalue weighted by molar-refractivity contribution is 7.99. The highest BCUT2D eigenvalue weighted by Crippen LogP contribution is 2.32. The Morgan fingerprint density at radius 2 is 1.69 bits per heavy atom. The molecule has 0 radical (unpaired) electrons. The van der Waals surface area contributed by atoms with Crippen LogP contribution in [0.15, 0.2) is 95.5 Å². The van der Waals surface area contributed by atoms with Gasteiger partial charge in [0.2, 0.25) is 0 Å². The maximum Gasteiger partial charge on any atom is 0.330 e. The predicted molar refractivity (Wildman–Crippen MR) is 153 cm³/mol. The van der Waals surface area contributed by atoms with Gasteiger partial charge in [-0.2, -0.15) is 0 Å². The van der Waals surface area contributed by atoms with Gasteiger partial charge in [0.15, 0.2) is 11.5 Å². The molecule has 3 aromatic rings. The van der Waals surface area contributed by atoms with Crippen molar-refractivity contribution in [3.05, 3.63) is 102 Å². The molecule has 8 nitrogen and oxygen atoms in total. The van der Waals surface area contributed by atoms with Crippen LogP contribution in [0.3, 0.4) is 0 Å². The molecular formula is C30H30N2O6S. The Morgan fingerprint density at radius 3 is 2.41 bits per heavy atom. The summed E-state index contributed by atoms with van der Waals surface area (Å²) in [4.78, 5) is 38.7. The number of anilines is 1. The molecule has 0 aliphatic carbocycles. The lowest BCUT2D eigenvalue weighted by Crippen LogP contribution is -2.30. The Labute approximate surface area is 232 Å². The molecule has 3 rings (SSSR count). The van der Waals surface area contributed by atoms with Gasteiger partial charge in [-0.15, -0.1) is 11.8 Å². The quantitative estimate of drug-likeness (QED) is 0.180. The number of para-hydroxylation sites is 1. The molecule has 3 aromatic carbocycles. The standard InChI is InChI=1S/C30H30N2O6S/c1-4-38-27(33)17-10-18-39-24-15-9-14-23(20-24)31-30(35)25(32-29(34)21-11-6-5-7-12-21)19-22-13-8-16-26(36-2)28(22)37-3/h5-17,19-20H,4,18H2,1-3H3,(H,31,35)(H,32,34)/b17-10+,25-19+. The molecule has 2 N–H and O–H groups in total. The number of ether oxygens (including phenoxy) is 3. The van der Waals surface area contributed by atoms with E-state index in [9.17, 15) is 14.4 Å². The number of nitrogens with one attached hydrogen (secondary N) is 2. The van der Waals surface area contributed by atoms with Gasteiger partial charge in [0.1, 0.15) is 5.70 Å². The molecule has 0 unspecified atom stereocenters. The number of hydrogen-bond acceptors (Lipinski definition) is 7. The fourth-order valence-electron chi connectivity index (χ4n) is 3.46. The Morgan fingerprint density at radius 1 is 0.923 bits per heavy atom. The maximum atomic E-state index is 13.4. The van der Waals surface area contributed by atoms with Crippen LogP contribution in [-0.2, 0) is 14.3 Å². The number of carbonyl (C=O) groups excluding carboxylic acids is 3. The van der Waals surface area contributed by atoms with Crippen LogP contribution in [0.5, 0.6) is 11.5 Å². The van der Waals surface area contributed by atoms with Crippen molar-refractivity contribution in [3.8, 4) is 11.5 Å². The van der Waals surface area contributed by atoms with Gasteiger partial charge in [-0.3, -0.25) is 9.59 Å². The van der Waals surface area contributed by atoms with Crippen molar-refractivity contribution < 1.29 is 28.6 Å². The fraction of sp³-hybridized carbons (Fsp3) is 0.167. The van der Waals surface area contributed by atoms with E-state index in [4.69, 9.17) is 14.2 Å². The lowest BCUT2D eigenvalue weighted by molar-refractivity contribution is -0.137. The second-order valence-electron chi connectivity index (χ2n) is 7.91. The molecule has 0 heterocycles. The van der Waals surface area contributed by atoms with Gasteiger partial charge < -0.3 is 24.8 Å². The van der Waals surface area contributed by atoms with Crippen molar-refractivity contribution >= 4 is 41.3 Å². The van der Waals surface area contributed by atoms with Crippen LogP contribution in [0.2, 0.25) is 0 Å².